The van der Waals surface area contributed by atoms with Crippen LogP contribution < -0.4 is 0 Å². The Morgan fingerprint density at radius 1 is 0.706 bits per heavy atom. The molecule has 17 heavy (non-hydrogen) atoms. The van der Waals surface area contributed by atoms with E-state index in [1.165, 1.54) is 0 Å². The maximum absolute atomic E-state index is 5.12. The van der Waals surface area contributed by atoms with Crippen LogP contribution in [0.5, 0.6) is 0 Å². The summed E-state index contributed by atoms with van der Waals surface area (Å²) in [5.41, 5.74) is 0. The molecule has 0 rings (SSSR count). The smallest absolute Gasteiger partial charge is 0.156 e. The van der Waals surface area contributed by atoms with E-state index in [2.05, 4.69) is 0 Å². The second-order valence-corrected chi connectivity index (χ2v) is 4.92. The normalized spacial score (nSPS) is 11.6. The van der Waals surface area contributed by atoms with Crippen LogP contribution in [0.4, 0.5) is 0 Å². The largest absolute Gasteiger partial charge is 0.356 e. The van der Waals surface area contributed by atoms with Gasteiger partial charge in [-0.3, -0.25) is 0 Å². The minimum absolute atomic E-state index is 0.0537. The first-order chi connectivity index (χ1) is 8.28. The SMILES string of the molecule is COC(CCCSCCCC(OC)OC)OC. The quantitative estimate of drug-likeness (QED) is 0.401. The van der Waals surface area contributed by atoms with Crippen LogP contribution in [-0.2, 0) is 18.9 Å². The van der Waals surface area contributed by atoms with E-state index in [1.54, 1.807) is 28.4 Å². The zero-order chi connectivity index (χ0) is 12.9. The van der Waals surface area contributed by atoms with Gasteiger partial charge in [-0.25, -0.2) is 0 Å². The summed E-state index contributed by atoms with van der Waals surface area (Å²) in [5.74, 6) is 2.29. The fourth-order valence-corrected chi connectivity index (χ4v) is 2.42. The van der Waals surface area contributed by atoms with Crippen molar-refractivity contribution >= 4 is 11.8 Å². The Hall–Kier alpha value is 0.190. The van der Waals surface area contributed by atoms with E-state index in [0.717, 1.165) is 37.2 Å². The molecule has 0 heterocycles. The van der Waals surface area contributed by atoms with Gasteiger partial charge in [0, 0.05) is 28.4 Å². The van der Waals surface area contributed by atoms with E-state index in [9.17, 15) is 0 Å². The maximum atomic E-state index is 5.12. The van der Waals surface area contributed by atoms with E-state index in [-0.39, 0.29) is 12.6 Å². The van der Waals surface area contributed by atoms with Gasteiger partial charge in [0.15, 0.2) is 12.6 Å². The van der Waals surface area contributed by atoms with Gasteiger partial charge < -0.3 is 18.9 Å². The molecule has 0 bridgehead atoms. The molecule has 0 aromatic carbocycles. The van der Waals surface area contributed by atoms with Crippen LogP contribution in [0.15, 0.2) is 0 Å². The molecule has 0 radical (unpaired) electrons. The molecule has 0 amide bonds. The van der Waals surface area contributed by atoms with E-state index in [1.807, 2.05) is 11.8 Å². The lowest BCUT2D eigenvalue weighted by atomic mass is 10.3. The molecule has 0 unspecified atom stereocenters. The van der Waals surface area contributed by atoms with Crippen LogP contribution in [0.2, 0.25) is 0 Å². The molecule has 0 spiro atoms. The van der Waals surface area contributed by atoms with Crippen molar-refractivity contribution in [2.75, 3.05) is 39.9 Å². The molecule has 0 aliphatic rings. The molecule has 0 saturated carbocycles. The zero-order valence-electron chi connectivity index (χ0n) is 11.4. The van der Waals surface area contributed by atoms with Gasteiger partial charge in [0.2, 0.25) is 0 Å². The first-order valence-corrected chi connectivity index (χ1v) is 7.12. The fourth-order valence-electron chi connectivity index (χ4n) is 1.47. The Labute approximate surface area is 109 Å². The van der Waals surface area contributed by atoms with Gasteiger partial charge in [-0.05, 0) is 37.2 Å². The summed E-state index contributed by atoms with van der Waals surface area (Å²) >= 11 is 1.96. The Bertz CT molecular complexity index is 133. The zero-order valence-corrected chi connectivity index (χ0v) is 12.3. The molecular formula is C12H26O4S. The number of hydrogen-bond donors (Lipinski definition) is 0. The molecule has 104 valence electrons. The topological polar surface area (TPSA) is 36.9 Å². The molecule has 0 aliphatic carbocycles. The second kappa shape index (κ2) is 12.6. The maximum Gasteiger partial charge on any atom is 0.156 e. The highest BCUT2D eigenvalue weighted by Gasteiger charge is 2.05. The van der Waals surface area contributed by atoms with Crippen LogP contribution in [0.1, 0.15) is 25.7 Å². The summed E-state index contributed by atoms with van der Waals surface area (Å²) in [6.45, 7) is 0. The number of methoxy groups -OCH3 is 4. The van der Waals surface area contributed by atoms with E-state index >= 15 is 0 Å². The van der Waals surface area contributed by atoms with Gasteiger partial charge in [-0.15, -0.1) is 0 Å². The highest BCUT2D eigenvalue weighted by Crippen LogP contribution is 2.12. The summed E-state index contributed by atoms with van der Waals surface area (Å²) in [6, 6.07) is 0. The molecule has 0 saturated heterocycles. The lowest BCUT2D eigenvalue weighted by Gasteiger charge is -2.13. The second-order valence-electron chi connectivity index (χ2n) is 3.70. The first kappa shape index (κ1) is 17.2. The van der Waals surface area contributed by atoms with Crippen LogP contribution in [0.25, 0.3) is 0 Å². The third-order valence-corrected chi connectivity index (χ3v) is 3.66. The molecule has 0 fully saturated rings. The first-order valence-electron chi connectivity index (χ1n) is 5.97. The van der Waals surface area contributed by atoms with E-state index < -0.39 is 0 Å². The van der Waals surface area contributed by atoms with Crippen molar-refractivity contribution in [1.82, 2.24) is 0 Å². The van der Waals surface area contributed by atoms with Crippen molar-refractivity contribution in [2.24, 2.45) is 0 Å². The molecular weight excluding hydrogens is 240 g/mol. The molecule has 0 N–H and O–H groups in total. The lowest BCUT2D eigenvalue weighted by Crippen LogP contribution is -2.13. The van der Waals surface area contributed by atoms with Crippen molar-refractivity contribution in [1.29, 1.82) is 0 Å². The Balaban J connectivity index is 3.23. The van der Waals surface area contributed by atoms with Crippen LogP contribution in [-0.4, -0.2) is 52.5 Å². The van der Waals surface area contributed by atoms with E-state index in [4.69, 9.17) is 18.9 Å². The fraction of sp³-hybridized carbons (Fsp3) is 1.00. The molecule has 0 aromatic heterocycles. The molecule has 0 aliphatic heterocycles. The van der Waals surface area contributed by atoms with Gasteiger partial charge in [0.05, 0.1) is 0 Å². The Morgan fingerprint density at radius 3 is 1.35 bits per heavy atom. The molecule has 0 atom stereocenters. The number of ether oxygens (including phenoxy) is 4. The van der Waals surface area contributed by atoms with Crippen molar-refractivity contribution in [3.8, 4) is 0 Å². The van der Waals surface area contributed by atoms with Crippen molar-refractivity contribution in [2.45, 2.75) is 38.3 Å². The van der Waals surface area contributed by atoms with Gasteiger partial charge in [-0.1, -0.05) is 0 Å². The molecule has 4 nitrogen and oxygen atoms in total. The summed E-state index contributed by atoms with van der Waals surface area (Å²) < 4.78 is 20.5. The van der Waals surface area contributed by atoms with Gasteiger partial charge in [0.25, 0.3) is 0 Å². The standard InChI is InChI=1S/C12H26O4S/c1-13-11(14-2)7-5-9-17-10-6-8-12(15-3)16-4/h11-12H,5-10H2,1-4H3. The average Bonchev–Trinajstić information content (AvgIpc) is 2.37. The van der Waals surface area contributed by atoms with Gasteiger partial charge >= 0.3 is 0 Å². The third kappa shape index (κ3) is 9.85. The molecule has 5 heteroatoms. The summed E-state index contributed by atoms with van der Waals surface area (Å²) in [7, 11) is 6.71. The average molecular weight is 266 g/mol. The van der Waals surface area contributed by atoms with Crippen LogP contribution in [0.3, 0.4) is 0 Å². The van der Waals surface area contributed by atoms with Crippen molar-refractivity contribution in [3.63, 3.8) is 0 Å². The summed E-state index contributed by atoms with van der Waals surface area (Å²) in [4.78, 5) is 0. The highest BCUT2D eigenvalue weighted by atomic mass is 32.2. The number of rotatable bonds is 12. The monoisotopic (exact) mass is 266 g/mol. The molecule has 0 aromatic rings. The van der Waals surface area contributed by atoms with Crippen LogP contribution in [0, 0.1) is 0 Å². The minimum atomic E-state index is -0.0537. The predicted octanol–water partition coefficient (Wildman–Crippen LogP) is 2.52. The van der Waals surface area contributed by atoms with Gasteiger partial charge in [0.1, 0.15) is 0 Å². The van der Waals surface area contributed by atoms with E-state index in [0.29, 0.717) is 0 Å². The third-order valence-electron chi connectivity index (χ3n) is 2.51. The highest BCUT2D eigenvalue weighted by molar-refractivity contribution is 7.99. The Morgan fingerprint density at radius 2 is 1.06 bits per heavy atom. The Kier molecular flexibility index (Phi) is 12.8. The summed E-state index contributed by atoms with van der Waals surface area (Å²) in [5, 5.41) is 0. The number of hydrogen-bond acceptors (Lipinski definition) is 5. The lowest BCUT2D eigenvalue weighted by molar-refractivity contribution is -0.106. The van der Waals surface area contributed by atoms with Gasteiger partial charge in [-0.2, -0.15) is 11.8 Å². The minimum Gasteiger partial charge on any atom is -0.356 e. The van der Waals surface area contributed by atoms with Crippen LogP contribution >= 0.6 is 11.8 Å². The van der Waals surface area contributed by atoms with Crippen molar-refractivity contribution in [3.05, 3.63) is 0 Å². The van der Waals surface area contributed by atoms with Crippen molar-refractivity contribution < 1.29 is 18.9 Å². The predicted molar refractivity (Wildman–Crippen MR) is 71.4 cm³/mol. The summed E-state index contributed by atoms with van der Waals surface area (Å²) in [6.07, 6.45) is 4.05. The number of thioether (sulfide) groups is 1.